The van der Waals surface area contributed by atoms with Gasteiger partial charge in [0.05, 0.1) is 7.11 Å². The van der Waals surface area contributed by atoms with Gasteiger partial charge in [0, 0.05) is 11.3 Å². The van der Waals surface area contributed by atoms with Crippen LogP contribution in [-0.4, -0.2) is 13.0 Å². The van der Waals surface area contributed by atoms with E-state index in [1.54, 1.807) is 7.11 Å². The predicted octanol–water partition coefficient (Wildman–Crippen LogP) is 2.18. The summed E-state index contributed by atoms with van der Waals surface area (Å²) in [6.45, 7) is 8.05. The highest BCUT2D eigenvalue weighted by atomic mass is 16.5. The van der Waals surface area contributed by atoms with Crippen LogP contribution in [0, 0.1) is 0 Å². The van der Waals surface area contributed by atoms with Crippen molar-refractivity contribution in [3.63, 3.8) is 0 Å². The van der Waals surface area contributed by atoms with Crippen molar-refractivity contribution in [2.24, 2.45) is 4.99 Å². The molecule has 0 aliphatic carbocycles. The summed E-state index contributed by atoms with van der Waals surface area (Å²) >= 11 is 0. The topological polar surface area (TPSA) is 33.6 Å². The van der Waals surface area contributed by atoms with E-state index >= 15 is 0 Å². The summed E-state index contributed by atoms with van der Waals surface area (Å²) in [6, 6.07) is 0. The average molecular weight is 180 g/mol. The van der Waals surface area contributed by atoms with Crippen molar-refractivity contribution in [3.8, 4) is 0 Å². The van der Waals surface area contributed by atoms with Gasteiger partial charge in [-0.15, -0.1) is 0 Å². The van der Waals surface area contributed by atoms with Gasteiger partial charge in [-0.05, 0) is 33.3 Å². The van der Waals surface area contributed by atoms with Gasteiger partial charge in [-0.3, -0.25) is 0 Å². The maximum atomic E-state index is 5.17. The summed E-state index contributed by atoms with van der Waals surface area (Å²) in [5, 5.41) is 3.22. The van der Waals surface area contributed by atoms with Gasteiger partial charge in [0.2, 0.25) is 5.90 Å². The van der Waals surface area contributed by atoms with Gasteiger partial charge in [-0.2, -0.15) is 4.99 Å². The monoisotopic (exact) mass is 180 g/mol. The van der Waals surface area contributed by atoms with Crippen LogP contribution in [0.4, 0.5) is 0 Å². The van der Waals surface area contributed by atoms with Crippen LogP contribution in [0.25, 0.3) is 0 Å². The van der Waals surface area contributed by atoms with E-state index in [0.29, 0.717) is 5.90 Å². The minimum Gasteiger partial charge on any atom is -0.481 e. The first kappa shape index (κ1) is 9.84. The lowest BCUT2D eigenvalue weighted by atomic mass is 10.2. The van der Waals surface area contributed by atoms with E-state index < -0.39 is 0 Å². The molecule has 13 heavy (non-hydrogen) atoms. The normalized spacial score (nSPS) is 16.7. The van der Waals surface area contributed by atoms with Crippen LogP contribution in [0.2, 0.25) is 0 Å². The zero-order valence-corrected chi connectivity index (χ0v) is 8.86. The van der Waals surface area contributed by atoms with Crippen LogP contribution < -0.4 is 5.32 Å². The number of ether oxygens (including phenoxy) is 1. The maximum Gasteiger partial charge on any atom is 0.219 e. The Hall–Kier alpha value is -1.25. The third-order valence-electron chi connectivity index (χ3n) is 2.07. The molecule has 0 aromatic carbocycles. The molecule has 1 aliphatic heterocycles. The fourth-order valence-corrected chi connectivity index (χ4v) is 1.08. The largest absolute Gasteiger partial charge is 0.481 e. The van der Waals surface area contributed by atoms with E-state index in [1.807, 2.05) is 27.7 Å². The molecule has 0 spiro atoms. The standard InChI is InChI=1S/C10H16N2O/c1-6(2)9-11-8(4)7(3)10(12-9)13-5/h11H,1-5H3. The lowest BCUT2D eigenvalue weighted by Gasteiger charge is -2.19. The highest BCUT2D eigenvalue weighted by Gasteiger charge is 2.14. The Morgan fingerprint density at radius 1 is 1.31 bits per heavy atom. The van der Waals surface area contributed by atoms with Crippen LogP contribution in [0.5, 0.6) is 0 Å². The van der Waals surface area contributed by atoms with E-state index in [9.17, 15) is 0 Å². The molecule has 0 fully saturated rings. The number of allylic oxidation sites excluding steroid dienone is 2. The van der Waals surface area contributed by atoms with Crippen molar-refractivity contribution >= 4 is 5.90 Å². The second-order valence-corrected chi connectivity index (χ2v) is 3.34. The van der Waals surface area contributed by atoms with Crippen LogP contribution >= 0.6 is 0 Å². The molecule has 0 unspecified atom stereocenters. The summed E-state index contributed by atoms with van der Waals surface area (Å²) in [5.74, 6) is 1.59. The van der Waals surface area contributed by atoms with Crippen molar-refractivity contribution in [2.75, 3.05) is 7.11 Å². The number of rotatable bonds is 0. The average Bonchev–Trinajstić information content (AvgIpc) is 2.09. The molecule has 0 aromatic rings. The molecule has 3 heteroatoms. The van der Waals surface area contributed by atoms with Gasteiger partial charge < -0.3 is 10.1 Å². The third-order valence-corrected chi connectivity index (χ3v) is 2.07. The lowest BCUT2D eigenvalue weighted by Crippen LogP contribution is -2.22. The van der Waals surface area contributed by atoms with Crippen molar-refractivity contribution in [1.29, 1.82) is 0 Å². The van der Waals surface area contributed by atoms with E-state index in [2.05, 4.69) is 10.3 Å². The molecule has 3 nitrogen and oxygen atoms in total. The summed E-state index contributed by atoms with van der Waals surface area (Å²) in [5.41, 5.74) is 3.32. The molecule has 72 valence electrons. The molecular formula is C10H16N2O. The number of methoxy groups -OCH3 is 1. The minimum absolute atomic E-state index is 0.701. The quantitative estimate of drug-likeness (QED) is 0.620. The lowest BCUT2D eigenvalue weighted by molar-refractivity contribution is 0.400. The Kier molecular flexibility index (Phi) is 2.76. The maximum absolute atomic E-state index is 5.17. The molecule has 0 saturated heterocycles. The Morgan fingerprint density at radius 2 is 1.92 bits per heavy atom. The van der Waals surface area contributed by atoms with Gasteiger partial charge >= 0.3 is 0 Å². The predicted molar refractivity (Wildman–Crippen MR) is 54.3 cm³/mol. The van der Waals surface area contributed by atoms with Gasteiger partial charge in [-0.25, -0.2) is 0 Å². The van der Waals surface area contributed by atoms with Crippen LogP contribution in [0.1, 0.15) is 27.7 Å². The van der Waals surface area contributed by atoms with Gasteiger partial charge in [0.15, 0.2) is 0 Å². The summed E-state index contributed by atoms with van der Waals surface area (Å²) in [4.78, 5) is 4.34. The Bertz CT molecular complexity index is 307. The highest BCUT2D eigenvalue weighted by molar-refractivity contribution is 5.95. The molecule has 0 radical (unpaired) electrons. The molecule has 0 amide bonds. The van der Waals surface area contributed by atoms with Crippen LogP contribution in [-0.2, 0) is 4.74 Å². The first-order chi connectivity index (χ1) is 6.06. The fraction of sp³-hybridized carbons (Fsp3) is 0.500. The summed E-state index contributed by atoms with van der Waals surface area (Å²) in [6.07, 6.45) is 0. The zero-order chi connectivity index (χ0) is 10.0. The highest BCUT2D eigenvalue weighted by Crippen LogP contribution is 2.16. The molecule has 1 aliphatic rings. The van der Waals surface area contributed by atoms with Gasteiger partial charge in [-0.1, -0.05) is 0 Å². The second kappa shape index (κ2) is 3.64. The van der Waals surface area contributed by atoms with E-state index in [1.165, 1.54) is 0 Å². The Balaban J connectivity index is 3.10. The first-order valence-electron chi connectivity index (χ1n) is 4.31. The zero-order valence-electron chi connectivity index (χ0n) is 8.86. The molecular weight excluding hydrogens is 164 g/mol. The Morgan fingerprint density at radius 3 is 2.38 bits per heavy atom. The fourth-order valence-electron chi connectivity index (χ4n) is 1.08. The molecule has 1 N–H and O–H groups in total. The van der Waals surface area contributed by atoms with Crippen molar-refractivity contribution in [3.05, 3.63) is 22.7 Å². The minimum atomic E-state index is 0.701. The number of nitrogens with zero attached hydrogens (tertiary/aromatic N) is 1. The van der Waals surface area contributed by atoms with E-state index in [0.717, 1.165) is 22.7 Å². The van der Waals surface area contributed by atoms with Gasteiger partial charge in [0.1, 0.15) is 5.82 Å². The smallest absolute Gasteiger partial charge is 0.219 e. The number of aliphatic imine (C=N–C) groups is 1. The third kappa shape index (κ3) is 1.91. The SMILES string of the molecule is COC1=NC(=C(C)C)NC(C)=C1C. The molecule has 1 heterocycles. The summed E-state index contributed by atoms with van der Waals surface area (Å²) in [7, 11) is 1.64. The van der Waals surface area contributed by atoms with Crippen molar-refractivity contribution in [2.45, 2.75) is 27.7 Å². The summed E-state index contributed by atoms with van der Waals surface area (Å²) < 4.78 is 5.17. The molecule has 0 aromatic heterocycles. The molecule has 1 rings (SSSR count). The Labute approximate surface area is 79.2 Å². The van der Waals surface area contributed by atoms with Gasteiger partial charge in [0.25, 0.3) is 0 Å². The number of nitrogens with one attached hydrogen (secondary N) is 1. The van der Waals surface area contributed by atoms with Crippen LogP contribution in [0.3, 0.4) is 0 Å². The van der Waals surface area contributed by atoms with E-state index in [-0.39, 0.29) is 0 Å². The first-order valence-corrected chi connectivity index (χ1v) is 4.31. The van der Waals surface area contributed by atoms with Crippen molar-refractivity contribution in [1.82, 2.24) is 5.32 Å². The van der Waals surface area contributed by atoms with Crippen LogP contribution in [0.15, 0.2) is 27.7 Å². The molecule has 0 bridgehead atoms. The van der Waals surface area contributed by atoms with E-state index in [4.69, 9.17) is 4.74 Å². The number of hydrogen-bond acceptors (Lipinski definition) is 3. The second-order valence-electron chi connectivity index (χ2n) is 3.34. The number of hydrogen-bond donors (Lipinski definition) is 1. The van der Waals surface area contributed by atoms with Crippen molar-refractivity contribution < 1.29 is 4.74 Å². The molecule has 0 atom stereocenters. The molecule has 0 saturated carbocycles.